The smallest absolute Gasteiger partial charge is 0.260 e. The molecule has 1 aliphatic heterocycles. The van der Waals surface area contributed by atoms with Crippen molar-refractivity contribution in [3.8, 4) is 17.2 Å². The first-order valence-electron chi connectivity index (χ1n) is 10.2. The molecule has 1 fully saturated rings. The number of nitrogens with zero attached hydrogens (tertiary/aromatic N) is 1. The Labute approximate surface area is 183 Å². The van der Waals surface area contributed by atoms with Crippen LogP contribution in [0.2, 0.25) is 0 Å². The first kappa shape index (κ1) is 22.9. The molecular weight excluding hydrogens is 420 g/mol. The van der Waals surface area contributed by atoms with Gasteiger partial charge in [-0.3, -0.25) is 4.79 Å². The predicted octanol–water partition coefficient (Wildman–Crippen LogP) is 2.44. The molecule has 8 nitrogen and oxygen atoms in total. The third-order valence-electron chi connectivity index (χ3n) is 4.94. The molecule has 0 bridgehead atoms. The summed E-state index contributed by atoms with van der Waals surface area (Å²) in [5, 5.41) is 2.75. The molecule has 0 unspecified atom stereocenters. The van der Waals surface area contributed by atoms with E-state index < -0.39 is 16.1 Å². The van der Waals surface area contributed by atoms with Crippen LogP contribution in [0.15, 0.2) is 53.4 Å². The Bertz CT molecular complexity index is 955. The van der Waals surface area contributed by atoms with Gasteiger partial charge in [-0.05, 0) is 68.3 Å². The summed E-state index contributed by atoms with van der Waals surface area (Å²) in [5.74, 6) is 1.57. The number of carbonyl (C=O) groups excluding carboxylic acids is 1. The second kappa shape index (κ2) is 10.5. The molecule has 2 aromatic carbocycles. The van der Waals surface area contributed by atoms with E-state index in [-0.39, 0.29) is 17.4 Å². The van der Waals surface area contributed by atoms with Gasteiger partial charge in [0.1, 0.15) is 23.9 Å². The number of hydrogen-bond acceptors (Lipinski definition) is 6. The Kier molecular flexibility index (Phi) is 7.75. The lowest BCUT2D eigenvalue weighted by atomic mass is 10.3. The minimum Gasteiger partial charge on any atom is -0.497 e. The molecule has 2 aromatic rings. The molecule has 1 amide bonds. The Balaban J connectivity index is 1.41. The largest absolute Gasteiger partial charge is 0.497 e. The number of hydrogen-bond donors (Lipinski definition) is 1. The minimum atomic E-state index is -3.43. The van der Waals surface area contributed by atoms with E-state index in [0.717, 1.165) is 12.8 Å². The molecule has 1 N–H and O–H groups in total. The summed E-state index contributed by atoms with van der Waals surface area (Å²) in [6, 6.07) is 13.3. The molecule has 0 radical (unpaired) electrons. The first-order valence-corrected chi connectivity index (χ1v) is 11.7. The molecule has 1 aliphatic rings. The number of nitrogens with one attached hydrogen (secondary N) is 1. The average molecular weight is 449 g/mol. The second-order valence-corrected chi connectivity index (χ2v) is 9.10. The van der Waals surface area contributed by atoms with Crippen LogP contribution in [0.5, 0.6) is 17.2 Å². The lowest BCUT2D eigenvalue weighted by Crippen LogP contribution is -2.38. The predicted molar refractivity (Wildman–Crippen MR) is 116 cm³/mol. The van der Waals surface area contributed by atoms with Crippen LogP contribution < -0.4 is 19.5 Å². The van der Waals surface area contributed by atoms with Gasteiger partial charge in [0.25, 0.3) is 5.91 Å². The molecule has 0 aromatic heterocycles. The Morgan fingerprint density at radius 2 is 1.58 bits per heavy atom. The monoisotopic (exact) mass is 448 g/mol. The van der Waals surface area contributed by atoms with Gasteiger partial charge in [-0.1, -0.05) is 0 Å². The van der Waals surface area contributed by atoms with Crippen molar-refractivity contribution in [1.29, 1.82) is 0 Å². The molecule has 3 rings (SSSR count). The SMILES string of the molecule is COc1ccc(O[C@@H](C)C(=O)NCCOc2ccc(S(=O)(=O)N3CCCC3)cc2)cc1. The van der Waals surface area contributed by atoms with E-state index in [4.69, 9.17) is 14.2 Å². The lowest BCUT2D eigenvalue weighted by molar-refractivity contribution is -0.127. The summed E-state index contributed by atoms with van der Waals surface area (Å²) in [6.45, 7) is 3.35. The molecule has 1 heterocycles. The fourth-order valence-corrected chi connectivity index (χ4v) is 4.70. The van der Waals surface area contributed by atoms with Crippen molar-refractivity contribution >= 4 is 15.9 Å². The maximum Gasteiger partial charge on any atom is 0.260 e. The molecule has 0 spiro atoms. The number of ether oxygens (including phenoxy) is 3. The summed E-state index contributed by atoms with van der Waals surface area (Å²) >= 11 is 0. The summed E-state index contributed by atoms with van der Waals surface area (Å²) in [5.41, 5.74) is 0. The number of benzene rings is 2. The van der Waals surface area contributed by atoms with Crippen LogP contribution in [0.1, 0.15) is 19.8 Å². The Hall–Kier alpha value is -2.78. The van der Waals surface area contributed by atoms with E-state index in [1.165, 1.54) is 4.31 Å². The van der Waals surface area contributed by atoms with E-state index in [1.54, 1.807) is 62.6 Å². The van der Waals surface area contributed by atoms with Gasteiger partial charge in [0.2, 0.25) is 10.0 Å². The van der Waals surface area contributed by atoms with Crippen molar-refractivity contribution in [3.05, 3.63) is 48.5 Å². The highest BCUT2D eigenvalue weighted by Crippen LogP contribution is 2.23. The quantitative estimate of drug-likeness (QED) is 0.561. The minimum absolute atomic E-state index is 0.249. The van der Waals surface area contributed by atoms with E-state index in [2.05, 4.69) is 5.32 Å². The zero-order chi connectivity index (χ0) is 22.3. The molecule has 1 atom stereocenters. The highest BCUT2D eigenvalue weighted by atomic mass is 32.2. The van der Waals surface area contributed by atoms with Crippen molar-refractivity contribution in [2.45, 2.75) is 30.8 Å². The summed E-state index contributed by atoms with van der Waals surface area (Å²) in [4.78, 5) is 12.4. The van der Waals surface area contributed by atoms with Crippen LogP contribution in [0.3, 0.4) is 0 Å². The van der Waals surface area contributed by atoms with E-state index in [9.17, 15) is 13.2 Å². The topological polar surface area (TPSA) is 94.2 Å². The van der Waals surface area contributed by atoms with Crippen molar-refractivity contribution in [2.75, 3.05) is 33.4 Å². The number of sulfonamides is 1. The molecular formula is C22H28N2O6S. The Morgan fingerprint density at radius 3 is 2.19 bits per heavy atom. The highest BCUT2D eigenvalue weighted by Gasteiger charge is 2.26. The van der Waals surface area contributed by atoms with Gasteiger partial charge < -0.3 is 19.5 Å². The maximum absolute atomic E-state index is 12.5. The normalized spacial score (nSPS) is 15.3. The van der Waals surface area contributed by atoms with Gasteiger partial charge in [-0.15, -0.1) is 0 Å². The van der Waals surface area contributed by atoms with Crippen molar-refractivity contribution in [1.82, 2.24) is 9.62 Å². The van der Waals surface area contributed by atoms with Crippen LogP contribution in [0, 0.1) is 0 Å². The summed E-state index contributed by atoms with van der Waals surface area (Å²) < 4.78 is 42.9. The molecule has 1 saturated heterocycles. The fraction of sp³-hybridized carbons (Fsp3) is 0.409. The number of rotatable bonds is 10. The third kappa shape index (κ3) is 6.11. The van der Waals surface area contributed by atoms with E-state index in [0.29, 0.717) is 36.9 Å². The van der Waals surface area contributed by atoms with Crippen molar-refractivity contribution in [2.24, 2.45) is 0 Å². The molecule has 9 heteroatoms. The highest BCUT2D eigenvalue weighted by molar-refractivity contribution is 7.89. The third-order valence-corrected chi connectivity index (χ3v) is 6.85. The van der Waals surface area contributed by atoms with Gasteiger partial charge >= 0.3 is 0 Å². The van der Waals surface area contributed by atoms with Gasteiger partial charge in [-0.2, -0.15) is 4.31 Å². The number of amides is 1. The van der Waals surface area contributed by atoms with Gasteiger partial charge in [-0.25, -0.2) is 8.42 Å². The molecule has 31 heavy (non-hydrogen) atoms. The van der Waals surface area contributed by atoms with Crippen molar-refractivity contribution < 1.29 is 27.4 Å². The van der Waals surface area contributed by atoms with Crippen molar-refractivity contribution in [3.63, 3.8) is 0 Å². The maximum atomic E-state index is 12.5. The lowest BCUT2D eigenvalue weighted by Gasteiger charge is -2.16. The molecule has 0 aliphatic carbocycles. The number of carbonyl (C=O) groups is 1. The van der Waals surface area contributed by atoms with E-state index in [1.807, 2.05) is 0 Å². The molecule has 0 saturated carbocycles. The standard InChI is InChI=1S/C22H28N2O6S/c1-17(30-20-7-5-18(28-2)6-8-20)22(25)23-13-16-29-19-9-11-21(12-10-19)31(26,27)24-14-3-4-15-24/h5-12,17H,3-4,13-16H2,1-2H3,(H,23,25)/t17-/m0/s1. The van der Waals surface area contributed by atoms with Crippen LogP contribution in [0.25, 0.3) is 0 Å². The Morgan fingerprint density at radius 1 is 1.00 bits per heavy atom. The zero-order valence-electron chi connectivity index (χ0n) is 17.7. The second-order valence-electron chi connectivity index (χ2n) is 7.16. The van der Waals surface area contributed by atoms with Gasteiger partial charge in [0.15, 0.2) is 6.10 Å². The fourth-order valence-electron chi connectivity index (χ4n) is 3.18. The summed E-state index contributed by atoms with van der Waals surface area (Å²) in [6.07, 6.45) is 1.13. The first-order chi connectivity index (χ1) is 14.9. The van der Waals surface area contributed by atoms with Crippen LogP contribution in [-0.2, 0) is 14.8 Å². The van der Waals surface area contributed by atoms with Crippen LogP contribution in [-0.4, -0.2) is 58.1 Å². The van der Waals surface area contributed by atoms with Gasteiger partial charge in [0, 0.05) is 13.1 Å². The summed E-state index contributed by atoms with van der Waals surface area (Å²) in [7, 11) is -1.85. The van der Waals surface area contributed by atoms with Crippen LogP contribution >= 0.6 is 0 Å². The number of methoxy groups -OCH3 is 1. The van der Waals surface area contributed by atoms with Gasteiger partial charge in [0.05, 0.1) is 18.6 Å². The van der Waals surface area contributed by atoms with E-state index >= 15 is 0 Å². The zero-order valence-corrected chi connectivity index (χ0v) is 18.6. The van der Waals surface area contributed by atoms with Crippen LogP contribution in [0.4, 0.5) is 0 Å². The molecule has 168 valence electrons. The average Bonchev–Trinajstić information content (AvgIpc) is 3.33.